The minimum atomic E-state index is -2.26. The number of carbonyl (C=O) groups is 2. The van der Waals surface area contributed by atoms with E-state index >= 15 is 0 Å². The average molecular weight is 681 g/mol. The summed E-state index contributed by atoms with van der Waals surface area (Å²) in [5.74, 6) is 10.2. The number of aromatic carboxylic acids is 2. The molecule has 5 unspecified atom stereocenters. The summed E-state index contributed by atoms with van der Waals surface area (Å²) in [6.45, 7) is 30.0. The van der Waals surface area contributed by atoms with Crippen molar-refractivity contribution in [1.29, 1.82) is 0 Å². The molecule has 0 aromatic heterocycles. The van der Waals surface area contributed by atoms with Crippen molar-refractivity contribution in [2.45, 2.75) is 121 Å². The molecule has 0 bridgehead atoms. The first kappa shape index (κ1) is 37.7. The van der Waals surface area contributed by atoms with E-state index in [1.54, 1.807) is 18.2 Å². The normalized spacial score (nSPS) is 27.7. The summed E-state index contributed by atoms with van der Waals surface area (Å²) in [7, 11) is -5.78. The lowest BCUT2D eigenvalue weighted by molar-refractivity contribution is -0.0449. The van der Waals surface area contributed by atoms with E-state index in [0.717, 1.165) is 5.57 Å². The van der Waals surface area contributed by atoms with Gasteiger partial charge >= 0.3 is 11.9 Å². The molecule has 0 aliphatic heterocycles. The van der Waals surface area contributed by atoms with Gasteiger partial charge in [0.2, 0.25) is 0 Å². The number of hydrogen-bond donors (Lipinski definition) is 2. The molecule has 1 aromatic rings. The van der Waals surface area contributed by atoms with Crippen LogP contribution in [-0.4, -0.2) is 66.4 Å². The van der Waals surface area contributed by atoms with Crippen molar-refractivity contribution >= 4 is 38.3 Å². The predicted molar refractivity (Wildman–Crippen MR) is 192 cm³/mol. The van der Waals surface area contributed by atoms with E-state index in [1.807, 2.05) is 6.92 Å². The van der Waals surface area contributed by atoms with Gasteiger partial charge < -0.3 is 23.5 Å². The Morgan fingerprint density at radius 3 is 2.11 bits per heavy atom. The second kappa shape index (κ2) is 13.4. The smallest absolute Gasteiger partial charge is 0.336 e. The van der Waals surface area contributed by atoms with E-state index in [0.29, 0.717) is 0 Å². The minimum absolute atomic E-state index is 0.0222. The number of carboxylic acid groups (broad SMARTS) is 2. The minimum Gasteiger partial charge on any atom is -0.478 e. The van der Waals surface area contributed by atoms with Crippen LogP contribution in [0.5, 0.6) is 0 Å². The molecule has 250 valence electrons. The maximum atomic E-state index is 12.5. The van der Waals surface area contributed by atoms with Crippen LogP contribution in [0.25, 0.3) is 0 Å². The molecule has 0 saturated carbocycles. The first-order valence-corrected chi connectivity index (χ1v) is 23.8. The van der Waals surface area contributed by atoms with Crippen molar-refractivity contribution < 1.29 is 33.1 Å². The Labute approximate surface area is 280 Å². The SMILES string of the molecule is C=CC1(C)C#CC2=C[C@@H](O[SiH](C)C(C)(C)C)[C@H](O[SiH](C)C(C)(C)C)C2(O[Si](C)(C)C)CC#CC1c1cccc(C(=O)O)c1C(=O)O. The summed E-state index contributed by atoms with van der Waals surface area (Å²) in [5.41, 5.74) is -1.57. The van der Waals surface area contributed by atoms with E-state index in [4.69, 9.17) is 13.3 Å². The molecule has 7 atom stereocenters. The molecule has 2 aliphatic rings. The van der Waals surface area contributed by atoms with E-state index < -0.39 is 61.4 Å². The van der Waals surface area contributed by atoms with E-state index in [-0.39, 0.29) is 39.3 Å². The molecule has 0 spiro atoms. The molecule has 1 aromatic carbocycles. The summed E-state index contributed by atoms with van der Waals surface area (Å²) in [5, 5.41) is 20.0. The van der Waals surface area contributed by atoms with Gasteiger partial charge in [-0.15, -0.1) is 6.58 Å². The molecule has 10 heteroatoms. The van der Waals surface area contributed by atoms with Gasteiger partial charge in [-0.3, -0.25) is 0 Å². The van der Waals surface area contributed by atoms with Gasteiger partial charge in [-0.05, 0) is 67.4 Å². The number of allylic oxidation sites excluding steroid dienone is 1. The number of benzene rings is 1. The maximum absolute atomic E-state index is 12.5. The van der Waals surface area contributed by atoms with Crippen LogP contribution in [0.2, 0.25) is 42.8 Å². The molecule has 0 fully saturated rings. The van der Waals surface area contributed by atoms with Crippen LogP contribution in [0.1, 0.15) is 87.1 Å². The quantitative estimate of drug-likeness (QED) is 0.151. The first-order chi connectivity index (χ1) is 21.0. The van der Waals surface area contributed by atoms with Crippen molar-refractivity contribution in [2.75, 3.05) is 0 Å². The van der Waals surface area contributed by atoms with Crippen molar-refractivity contribution in [3.8, 4) is 23.7 Å². The van der Waals surface area contributed by atoms with Crippen LogP contribution in [0.15, 0.2) is 42.5 Å². The molecule has 0 heterocycles. The van der Waals surface area contributed by atoms with Crippen LogP contribution in [0.4, 0.5) is 0 Å². The number of rotatable bonds is 10. The Kier molecular flexibility index (Phi) is 11.0. The highest BCUT2D eigenvalue weighted by Crippen LogP contribution is 2.47. The summed E-state index contributed by atoms with van der Waals surface area (Å²) in [4.78, 5) is 24.5. The van der Waals surface area contributed by atoms with Crippen molar-refractivity contribution in [3.63, 3.8) is 0 Å². The van der Waals surface area contributed by atoms with E-state index in [2.05, 4.69) is 111 Å². The third kappa shape index (κ3) is 8.04. The first-order valence-electron chi connectivity index (χ1n) is 15.9. The topological polar surface area (TPSA) is 102 Å². The molecule has 7 nitrogen and oxygen atoms in total. The third-order valence-corrected chi connectivity index (χ3v) is 16.4. The summed E-state index contributed by atoms with van der Waals surface area (Å²) >= 11 is 0. The van der Waals surface area contributed by atoms with Gasteiger partial charge in [0.1, 0.15) is 11.7 Å². The van der Waals surface area contributed by atoms with Crippen molar-refractivity contribution in [1.82, 2.24) is 0 Å². The van der Waals surface area contributed by atoms with Crippen molar-refractivity contribution in [2.24, 2.45) is 5.41 Å². The second-order valence-electron chi connectivity index (χ2n) is 15.9. The molecular weight excluding hydrogens is 629 g/mol. The lowest BCUT2D eigenvalue weighted by atomic mass is 9.72. The largest absolute Gasteiger partial charge is 0.478 e. The number of hydrogen-bond acceptors (Lipinski definition) is 5. The van der Waals surface area contributed by atoms with Gasteiger partial charge in [-0.2, -0.15) is 0 Å². The summed E-state index contributed by atoms with van der Waals surface area (Å²) < 4.78 is 21.2. The molecule has 0 saturated heterocycles. The van der Waals surface area contributed by atoms with Gasteiger partial charge in [-0.25, -0.2) is 9.59 Å². The van der Waals surface area contributed by atoms with Crippen LogP contribution in [-0.2, 0) is 13.3 Å². The molecule has 3 rings (SSSR count). The zero-order valence-electron chi connectivity index (χ0n) is 29.6. The standard InChI is InChI=1S/C36H52O7Si3/c1-14-35(8)22-20-24-23-28(41-44(9)33(2,3)4)30(42-45(10)34(5,6)7)36(24,43-46(11,12)13)21-16-19-27(35)25-17-15-18-26(31(37)38)29(25)32(39)40/h14-15,17-18,23,27-28,30,44-45H,1,21H2,2-13H3,(H,37,38)(H,39,40)/t27?,28-,30+,35?,36?,44?,45?/m1/s1. The van der Waals surface area contributed by atoms with Crippen LogP contribution < -0.4 is 0 Å². The monoisotopic (exact) mass is 680 g/mol. The van der Waals surface area contributed by atoms with Crippen LogP contribution in [0, 0.1) is 29.1 Å². The highest BCUT2D eigenvalue weighted by molar-refractivity contribution is 6.69. The van der Waals surface area contributed by atoms with Gasteiger partial charge in [-0.1, -0.05) is 83.4 Å². The fraction of sp³-hybridized carbons (Fsp3) is 0.556. The third-order valence-electron chi connectivity index (χ3n) is 9.12. The lowest BCUT2D eigenvalue weighted by Gasteiger charge is -2.45. The Morgan fingerprint density at radius 1 is 1.02 bits per heavy atom. The highest BCUT2D eigenvalue weighted by atomic mass is 28.4. The predicted octanol–water partition coefficient (Wildman–Crippen LogP) is 7.38. The van der Waals surface area contributed by atoms with Crippen molar-refractivity contribution in [3.05, 3.63) is 59.2 Å². The molecular formula is C36H52O7Si3. The second-order valence-corrected chi connectivity index (χ2v) is 26.9. The Morgan fingerprint density at radius 2 is 1.61 bits per heavy atom. The van der Waals surface area contributed by atoms with E-state index in [9.17, 15) is 19.8 Å². The van der Waals surface area contributed by atoms with Crippen LogP contribution >= 0.6 is 0 Å². The molecule has 0 amide bonds. The van der Waals surface area contributed by atoms with E-state index in [1.165, 1.54) is 6.07 Å². The fourth-order valence-corrected chi connectivity index (χ4v) is 9.23. The average Bonchev–Trinajstić information content (AvgIpc) is 3.20. The Bertz CT molecular complexity index is 1520. The van der Waals surface area contributed by atoms with Gasteiger partial charge in [0.25, 0.3) is 0 Å². The molecule has 2 aliphatic carbocycles. The van der Waals surface area contributed by atoms with Crippen LogP contribution in [0.3, 0.4) is 0 Å². The molecule has 46 heavy (non-hydrogen) atoms. The zero-order valence-corrected chi connectivity index (χ0v) is 32.9. The van der Waals surface area contributed by atoms with Gasteiger partial charge in [0.15, 0.2) is 26.4 Å². The number of fused-ring (bicyclic) bond motifs is 1. The van der Waals surface area contributed by atoms with Gasteiger partial charge in [0.05, 0.1) is 28.6 Å². The summed E-state index contributed by atoms with van der Waals surface area (Å²) in [6, 6.07) is 4.47. The zero-order chi connectivity index (χ0) is 35.0. The Balaban J connectivity index is 2.36. The lowest BCUT2D eigenvalue weighted by Crippen LogP contribution is -2.56. The molecule has 0 radical (unpaired) electrons. The van der Waals surface area contributed by atoms with Gasteiger partial charge in [0, 0.05) is 12.0 Å². The molecule has 2 N–H and O–H groups in total. The Hall–Kier alpha value is -2.71. The fourth-order valence-electron chi connectivity index (χ4n) is 5.52. The number of carboxylic acids is 2. The summed E-state index contributed by atoms with van der Waals surface area (Å²) in [6.07, 6.45) is 3.18. The highest BCUT2D eigenvalue weighted by Gasteiger charge is 2.55. The maximum Gasteiger partial charge on any atom is 0.336 e.